The maximum Gasteiger partial charge on any atom is 0.0543 e. The molecular weight excluding hydrogens is 412 g/mol. The van der Waals surface area contributed by atoms with Gasteiger partial charge in [0, 0.05) is 0 Å². The third-order valence-corrected chi connectivity index (χ3v) is 12.7. The van der Waals surface area contributed by atoms with Gasteiger partial charge in [-0.25, -0.2) is 0 Å². The van der Waals surface area contributed by atoms with E-state index in [0.717, 1.165) is 60.2 Å². The third kappa shape index (κ3) is 5.60. The topological polar surface area (TPSA) is 20.2 Å². The standard InChI is InChI=1S/C33H60O/c1-23(2)24(3)16-17-25(4)26-11-9-15-30-29-13-10-12-27-21-28(34)18-20-33(27,6)31(29)14-7-8-19-32(30,5)22-26/h23-31,34H,7-22H2,1-6H3/t24-,25-,26+,27+,28+,29+,30+,31+,32-,33+/m1/s1. The summed E-state index contributed by atoms with van der Waals surface area (Å²) in [7, 11) is 0. The van der Waals surface area contributed by atoms with Gasteiger partial charge in [0.1, 0.15) is 0 Å². The molecule has 1 nitrogen and oxygen atoms in total. The molecule has 0 aromatic heterocycles. The molecule has 0 radical (unpaired) electrons. The van der Waals surface area contributed by atoms with Crippen LogP contribution in [0.5, 0.6) is 0 Å². The van der Waals surface area contributed by atoms with Crippen molar-refractivity contribution in [2.45, 2.75) is 150 Å². The third-order valence-electron chi connectivity index (χ3n) is 12.7. The van der Waals surface area contributed by atoms with Crippen molar-refractivity contribution in [3.8, 4) is 0 Å². The van der Waals surface area contributed by atoms with Crippen LogP contribution in [0, 0.1) is 58.2 Å². The molecule has 10 atom stereocenters. The molecule has 4 aliphatic rings. The van der Waals surface area contributed by atoms with E-state index in [4.69, 9.17) is 0 Å². The van der Waals surface area contributed by atoms with E-state index in [1.54, 1.807) is 0 Å². The van der Waals surface area contributed by atoms with Gasteiger partial charge in [-0.05, 0) is 116 Å². The lowest BCUT2D eigenvalue weighted by Gasteiger charge is -2.54. The highest BCUT2D eigenvalue weighted by Crippen LogP contribution is 2.62. The minimum atomic E-state index is -0.0213. The average Bonchev–Trinajstić information content (AvgIpc) is 3.03. The van der Waals surface area contributed by atoms with E-state index in [2.05, 4.69) is 41.5 Å². The molecule has 0 amide bonds. The average molecular weight is 473 g/mol. The molecule has 0 heterocycles. The van der Waals surface area contributed by atoms with E-state index in [-0.39, 0.29) is 6.10 Å². The van der Waals surface area contributed by atoms with E-state index in [1.807, 2.05) is 0 Å². The van der Waals surface area contributed by atoms with Gasteiger partial charge in [-0.2, -0.15) is 0 Å². The zero-order valence-corrected chi connectivity index (χ0v) is 24.0. The second-order valence-corrected chi connectivity index (χ2v) is 15.0. The van der Waals surface area contributed by atoms with Gasteiger partial charge in [-0.15, -0.1) is 0 Å². The summed E-state index contributed by atoms with van der Waals surface area (Å²) >= 11 is 0. The molecule has 4 fully saturated rings. The summed E-state index contributed by atoms with van der Waals surface area (Å²) in [6, 6.07) is 0. The minimum absolute atomic E-state index is 0.0213. The lowest BCUT2D eigenvalue weighted by Crippen LogP contribution is -2.47. The molecule has 0 unspecified atom stereocenters. The van der Waals surface area contributed by atoms with Gasteiger partial charge in [-0.3, -0.25) is 0 Å². The van der Waals surface area contributed by atoms with Crippen LogP contribution in [0.4, 0.5) is 0 Å². The van der Waals surface area contributed by atoms with Crippen LogP contribution in [0.25, 0.3) is 0 Å². The maximum atomic E-state index is 10.5. The fourth-order valence-corrected chi connectivity index (χ4v) is 9.94. The summed E-state index contributed by atoms with van der Waals surface area (Å²) in [6.07, 6.45) is 22.5. The summed E-state index contributed by atoms with van der Waals surface area (Å²) in [4.78, 5) is 0. The number of aliphatic hydroxyl groups excluding tert-OH is 1. The SMILES string of the molecule is CC(C)[C@H](C)CC[C@@H](C)[C@H]1CCC[C@H]2[C@@H]3CCC[C@H]4C[C@@H](O)CC[C@]4(C)[C@H]3CCCC[C@]2(C)C1. The first-order chi connectivity index (χ1) is 16.1. The molecular formula is C33H60O. The van der Waals surface area contributed by atoms with Crippen molar-refractivity contribution in [2.24, 2.45) is 58.2 Å². The maximum absolute atomic E-state index is 10.5. The second kappa shape index (κ2) is 11.1. The first-order valence-corrected chi connectivity index (χ1v) is 15.8. The Balaban J connectivity index is 1.53. The number of hydrogen-bond donors (Lipinski definition) is 1. The first kappa shape index (κ1) is 27.0. The van der Waals surface area contributed by atoms with Crippen LogP contribution >= 0.6 is 0 Å². The van der Waals surface area contributed by atoms with Gasteiger partial charge in [0.2, 0.25) is 0 Å². The first-order valence-electron chi connectivity index (χ1n) is 15.8. The zero-order chi connectivity index (χ0) is 24.5. The summed E-state index contributed by atoms with van der Waals surface area (Å²) in [5.41, 5.74) is 1.05. The molecule has 4 saturated carbocycles. The fourth-order valence-electron chi connectivity index (χ4n) is 9.94. The molecule has 198 valence electrons. The van der Waals surface area contributed by atoms with Crippen molar-refractivity contribution < 1.29 is 5.11 Å². The van der Waals surface area contributed by atoms with Gasteiger partial charge in [0.05, 0.1) is 6.10 Å². The zero-order valence-electron chi connectivity index (χ0n) is 24.0. The summed E-state index contributed by atoms with van der Waals surface area (Å²) in [5, 5.41) is 10.5. The normalized spacial score (nSPS) is 45.5. The van der Waals surface area contributed by atoms with Crippen molar-refractivity contribution in [1.82, 2.24) is 0 Å². The lowest BCUT2D eigenvalue weighted by atomic mass is 9.51. The number of hydrogen-bond acceptors (Lipinski definition) is 1. The van der Waals surface area contributed by atoms with Crippen LogP contribution < -0.4 is 0 Å². The van der Waals surface area contributed by atoms with E-state index < -0.39 is 0 Å². The van der Waals surface area contributed by atoms with Gasteiger partial charge >= 0.3 is 0 Å². The van der Waals surface area contributed by atoms with E-state index in [9.17, 15) is 5.11 Å². The Morgan fingerprint density at radius 2 is 1.50 bits per heavy atom. The van der Waals surface area contributed by atoms with Gasteiger partial charge in [-0.1, -0.05) is 86.5 Å². The summed E-state index contributed by atoms with van der Waals surface area (Å²) in [6.45, 7) is 15.3. The predicted molar refractivity (Wildman–Crippen MR) is 147 cm³/mol. The fraction of sp³-hybridized carbons (Fsp3) is 1.00. The molecule has 0 aromatic carbocycles. The molecule has 1 heteroatoms. The van der Waals surface area contributed by atoms with Crippen LogP contribution in [0.3, 0.4) is 0 Å². The van der Waals surface area contributed by atoms with Crippen molar-refractivity contribution in [3.05, 3.63) is 0 Å². The van der Waals surface area contributed by atoms with Crippen molar-refractivity contribution in [2.75, 3.05) is 0 Å². The highest BCUT2D eigenvalue weighted by Gasteiger charge is 2.53. The smallest absolute Gasteiger partial charge is 0.0543 e. The second-order valence-electron chi connectivity index (χ2n) is 15.0. The van der Waals surface area contributed by atoms with Gasteiger partial charge in [0.15, 0.2) is 0 Å². The lowest BCUT2D eigenvalue weighted by molar-refractivity contribution is -0.0660. The van der Waals surface area contributed by atoms with Gasteiger partial charge < -0.3 is 5.11 Å². The Hall–Kier alpha value is -0.0400. The van der Waals surface area contributed by atoms with Crippen LogP contribution in [0.1, 0.15) is 144 Å². The summed E-state index contributed by atoms with van der Waals surface area (Å²) in [5.74, 6) is 7.13. The van der Waals surface area contributed by atoms with Crippen LogP contribution in [0.2, 0.25) is 0 Å². The largest absolute Gasteiger partial charge is 0.393 e. The number of fused-ring (bicyclic) bond motifs is 5. The predicted octanol–water partition coefficient (Wildman–Crippen LogP) is 9.67. The number of rotatable bonds is 5. The Kier molecular flexibility index (Phi) is 8.85. The Morgan fingerprint density at radius 1 is 0.765 bits per heavy atom. The molecule has 4 rings (SSSR count). The Morgan fingerprint density at radius 3 is 2.26 bits per heavy atom. The molecule has 0 aromatic rings. The number of aliphatic hydroxyl groups is 1. The Labute approximate surface area is 213 Å². The summed E-state index contributed by atoms with van der Waals surface area (Å²) < 4.78 is 0. The van der Waals surface area contributed by atoms with Gasteiger partial charge in [0.25, 0.3) is 0 Å². The van der Waals surface area contributed by atoms with Crippen LogP contribution in [-0.2, 0) is 0 Å². The van der Waals surface area contributed by atoms with Crippen LogP contribution in [0.15, 0.2) is 0 Å². The highest BCUT2D eigenvalue weighted by atomic mass is 16.3. The molecule has 0 bridgehead atoms. The molecule has 34 heavy (non-hydrogen) atoms. The van der Waals surface area contributed by atoms with Crippen LogP contribution in [-0.4, -0.2) is 11.2 Å². The minimum Gasteiger partial charge on any atom is -0.393 e. The highest BCUT2D eigenvalue weighted by molar-refractivity contribution is 5.03. The van der Waals surface area contributed by atoms with E-state index in [0.29, 0.717) is 10.8 Å². The quantitative estimate of drug-likeness (QED) is 0.422. The van der Waals surface area contributed by atoms with E-state index >= 15 is 0 Å². The molecule has 0 spiro atoms. The van der Waals surface area contributed by atoms with E-state index in [1.165, 1.54) is 89.9 Å². The molecule has 1 N–H and O–H groups in total. The Bertz CT molecular complexity index is 640. The molecule has 0 aliphatic heterocycles. The monoisotopic (exact) mass is 472 g/mol. The van der Waals surface area contributed by atoms with Crippen molar-refractivity contribution in [3.63, 3.8) is 0 Å². The van der Waals surface area contributed by atoms with Crippen molar-refractivity contribution in [1.29, 1.82) is 0 Å². The molecule has 0 saturated heterocycles. The molecule has 4 aliphatic carbocycles. The van der Waals surface area contributed by atoms with Crippen molar-refractivity contribution >= 4 is 0 Å².